The van der Waals surface area contributed by atoms with Gasteiger partial charge in [-0.15, -0.1) is 0 Å². The molecule has 4 heteroatoms. The van der Waals surface area contributed by atoms with Crippen LogP contribution >= 0.6 is 0 Å². The van der Waals surface area contributed by atoms with E-state index in [1.165, 1.54) is 0 Å². The lowest BCUT2D eigenvalue weighted by Crippen LogP contribution is -2.64. The minimum atomic E-state index is -0.821. The van der Waals surface area contributed by atoms with Crippen molar-refractivity contribution in [3.05, 3.63) is 35.9 Å². The molecule has 96 valence electrons. The Morgan fingerprint density at radius 3 is 2.39 bits per heavy atom. The average molecular weight is 246 g/mol. The number of piperazine rings is 1. The Balaban J connectivity index is 2.41. The number of nitrogens with zero attached hydrogens (tertiary/aromatic N) is 1. The second-order valence-corrected chi connectivity index (χ2v) is 5.02. The maximum Gasteiger partial charge on any atom is 0.248 e. The number of benzene rings is 1. The second-order valence-electron chi connectivity index (χ2n) is 5.02. The van der Waals surface area contributed by atoms with Crippen LogP contribution in [0.1, 0.15) is 32.4 Å². The summed E-state index contributed by atoms with van der Waals surface area (Å²) in [6.45, 7) is 5.88. The number of hydrogen-bond acceptors (Lipinski definition) is 2. The third-order valence-electron chi connectivity index (χ3n) is 3.25. The van der Waals surface area contributed by atoms with E-state index in [9.17, 15) is 9.59 Å². The summed E-state index contributed by atoms with van der Waals surface area (Å²) in [6.07, 6.45) is 0. The lowest BCUT2D eigenvalue weighted by Gasteiger charge is -2.42. The molecule has 1 heterocycles. The predicted molar refractivity (Wildman–Crippen MR) is 68.8 cm³/mol. The zero-order valence-electron chi connectivity index (χ0n) is 10.9. The predicted octanol–water partition coefficient (Wildman–Crippen LogP) is 1.48. The van der Waals surface area contributed by atoms with Crippen molar-refractivity contribution in [2.24, 2.45) is 0 Å². The van der Waals surface area contributed by atoms with Crippen LogP contribution < -0.4 is 5.32 Å². The molecule has 1 N–H and O–H groups in total. The van der Waals surface area contributed by atoms with Crippen LogP contribution in [0.4, 0.5) is 0 Å². The Hall–Kier alpha value is -1.84. The number of hydrogen-bond donors (Lipinski definition) is 1. The van der Waals surface area contributed by atoms with Gasteiger partial charge in [-0.2, -0.15) is 0 Å². The highest BCUT2D eigenvalue weighted by atomic mass is 16.2. The van der Waals surface area contributed by atoms with E-state index in [-0.39, 0.29) is 11.8 Å². The highest BCUT2D eigenvalue weighted by Crippen LogP contribution is 2.28. The molecule has 18 heavy (non-hydrogen) atoms. The molecule has 2 amide bonds. The van der Waals surface area contributed by atoms with Gasteiger partial charge in [0.05, 0.1) is 0 Å². The Kier molecular flexibility index (Phi) is 3.11. The van der Waals surface area contributed by atoms with E-state index in [0.717, 1.165) is 5.56 Å². The lowest BCUT2D eigenvalue weighted by molar-refractivity contribution is -0.153. The first-order valence-electron chi connectivity index (χ1n) is 6.15. The van der Waals surface area contributed by atoms with Crippen LogP contribution in [0.25, 0.3) is 0 Å². The summed E-state index contributed by atoms with van der Waals surface area (Å²) in [5.74, 6) is -0.161. The number of amides is 2. The van der Waals surface area contributed by atoms with Crippen molar-refractivity contribution in [2.45, 2.75) is 32.4 Å². The molecule has 0 aliphatic carbocycles. The minimum absolute atomic E-state index is 0.0431. The van der Waals surface area contributed by atoms with Crippen LogP contribution in [0, 0.1) is 0 Å². The summed E-state index contributed by atoms with van der Waals surface area (Å²) < 4.78 is 0. The third kappa shape index (κ3) is 1.98. The number of likely N-dealkylation sites (N-methyl/N-ethyl adjacent to an activating group) is 1. The molecule has 0 spiro atoms. The van der Waals surface area contributed by atoms with Crippen LogP contribution in [0.15, 0.2) is 30.3 Å². The highest BCUT2D eigenvalue weighted by Gasteiger charge is 2.44. The SMILES string of the molecule is CCN1C(=O)C(C)(C)NC(=O)C1c1ccccc1. The van der Waals surface area contributed by atoms with Gasteiger partial charge in [0, 0.05) is 6.54 Å². The van der Waals surface area contributed by atoms with Gasteiger partial charge in [-0.1, -0.05) is 30.3 Å². The summed E-state index contributed by atoms with van der Waals surface area (Å²) in [7, 11) is 0. The fraction of sp³-hybridized carbons (Fsp3) is 0.429. The Morgan fingerprint density at radius 1 is 1.22 bits per heavy atom. The van der Waals surface area contributed by atoms with Gasteiger partial charge in [-0.05, 0) is 26.3 Å². The van der Waals surface area contributed by atoms with Gasteiger partial charge in [0.15, 0.2) is 0 Å². The monoisotopic (exact) mass is 246 g/mol. The fourth-order valence-electron chi connectivity index (χ4n) is 2.34. The van der Waals surface area contributed by atoms with E-state index >= 15 is 0 Å². The van der Waals surface area contributed by atoms with Gasteiger partial charge in [-0.25, -0.2) is 0 Å². The summed E-state index contributed by atoms with van der Waals surface area (Å²) in [4.78, 5) is 26.2. The molecule has 1 aromatic carbocycles. The van der Waals surface area contributed by atoms with Gasteiger partial charge in [0.1, 0.15) is 11.6 Å². The van der Waals surface area contributed by atoms with E-state index in [1.807, 2.05) is 37.3 Å². The quantitative estimate of drug-likeness (QED) is 0.859. The molecule has 1 fully saturated rings. The van der Waals surface area contributed by atoms with Crippen LogP contribution in [0.2, 0.25) is 0 Å². The van der Waals surface area contributed by atoms with Crippen molar-refractivity contribution < 1.29 is 9.59 Å². The Bertz CT molecular complexity index is 468. The second kappa shape index (κ2) is 4.44. The van der Waals surface area contributed by atoms with Gasteiger partial charge in [-0.3, -0.25) is 9.59 Å². The first-order chi connectivity index (χ1) is 8.47. The molecule has 0 radical (unpaired) electrons. The molecule has 0 saturated carbocycles. The van der Waals surface area contributed by atoms with Crippen LogP contribution in [-0.2, 0) is 9.59 Å². The highest BCUT2D eigenvalue weighted by molar-refractivity contribution is 5.99. The number of rotatable bonds is 2. The number of nitrogens with one attached hydrogen (secondary N) is 1. The molecule has 4 nitrogen and oxygen atoms in total. The molecule has 0 bridgehead atoms. The lowest BCUT2D eigenvalue weighted by atomic mass is 9.93. The van der Waals surface area contributed by atoms with Crippen LogP contribution in [-0.4, -0.2) is 28.8 Å². The molecule has 1 atom stereocenters. The fourth-order valence-corrected chi connectivity index (χ4v) is 2.34. The number of carbonyl (C=O) groups is 2. The summed E-state index contributed by atoms with van der Waals surface area (Å²) in [5.41, 5.74) is 0.0268. The normalized spacial score (nSPS) is 22.8. The molecular weight excluding hydrogens is 228 g/mol. The summed E-state index contributed by atoms with van der Waals surface area (Å²) >= 11 is 0. The molecule has 1 saturated heterocycles. The Labute approximate surface area is 107 Å². The molecule has 2 rings (SSSR count). The van der Waals surface area contributed by atoms with E-state index in [4.69, 9.17) is 0 Å². The number of carbonyl (C=O) groups excluding carboxylic acids is 2. The van der Waals surface area contributed by atoms with Crippen molar-refractivity contribution >= 4 is 11.8 Å². The summed E-state index contributed by atoms with van der Waals surface area (Å²) in [5, 5.41) is 2.79. The maximum atomic E-state index is 12.3. The van der Waals surface area contributed by atoms with Crippen molar-refractivity contribution in [3.63, 3.8) is 0 Å². The van der Waals surface area contributed by atoms with Crippen molar-refractivity contribution in [2.75, 3.05) is 6.54 Å². The summed E-state index contributed by atoms with van der Waals surface area (Å²) in [6, 6.07) is 8.88. The zero-order valence-corrected chi connectivity index (χ0v) is 10.9. The molecular formula is C14H18N2O2. The largest absolute Gasteiger partial charge is 0.340 e. The van der Waals surface area contributed by atoms with Crippen molar-refractivity contribution in [1.82, 2.24) is 10.2 Å². The molecule has 1 aromatic rings. The molecule has 1 aliphatic rings. The van der Waals surface area contributed by atoms with Crippen molar-refractivity contribution in [3.8, 4) is 0 Å². The van der Waals surface area contributed by atoms with E-state index in [2.05, 4.69) is 5.32 Å². The topological polar surface area (TPSA) is 49.4 Å². The van der Waals surface area contributed by atoms with Gasteiger partial charge < -0.3 is 10.2 Å². The standard InChI is InChI=1S/C14H18N2O2/c1-4-16-11(10-8-6-5-7-9-10)12(17)15-14(2,3)13(16)18/h5-9,11H,4H2,1-3H3,(H,15,17). The van der Waals surface area contributed by atoms with Crippen LogP contribution in [0.5, 0.6) is 0 Å². The first-order valence-corrected chi connectivity index (χ1v) is 6.15. The van der Waals surface area contributed by atoms with E-state index in [0.29, 0.717) is 6.54 Å². The van der Waals surface area contributed by atoms with Crippen LogP contribution in [0.3, 0.4) is 0 Å². The molecule has 0 aromatic heterocycles. The van der Waals surface area contributed by atoms with E-state index < -0.39 is 11.6 Å². The molecule has 1 unspecified atom stereocenters. The smallest absolute Gasteiger partial charge is 0.248 e. The third-order valence-corrected chi connectivity index (χ3v) is 3.25. The van der Waals surface area contributed by atoms with Gasteiger partial charge in [0.2, 0.25) is 11.8 Å². The van der Waals surface area contributed by atoms with E-state index in [1.54, 1.807) is 18.7 Å². The molecule has 1 aliphatic heterocycles. The van der Waals surface area contributed by atoms with Crippen molar-refractivity contribution in [1.29, 1.82) is 0 Å². The Morgan fingerprint density at radius 2 is 1.83 bits per heavy atom. The minimum Gasteiger partial charge on any atom is -0.340 e. The average Bonchev–Trinajstić information content (AvgIpc) is 2.34. The maximum absolute atomic E-state index is 12.3. The van der Waals surface area contributed by atoms with Gasteiger partial charge in [0.25, 0.3) is 0 Å². The van der Waals surface area contributed by atoms with Gasteiger partial charge >= 0.3 is 0 Å². The first kappa shape index (κ1) is 12.6. The zero-order chi connectivity index (χ0) is 13.3.